The highest BCUT2D eigenvalue weighted by molar-refractivity contribution is 5.80. The minimum Gasteiger partial charge on any atom is -0.342 e. The Kier molecular flexibility index (Phi) is 5.84. The number of hydrogen-bond donors (Lipinski definition) is 2. The Morgan fingerprint density at radius 2 is 1.63 bits per heavy atom. The average molecular weight is 519 g/mol. The lowest BCUT2D eigenvalue weighted by atomic mass is 10.1. The van der Waals surface area contributed by atoms with Gasteiger partial charge in [-0.1, -0.05) is 18.2 Å². The van der Waals surface area contributed by atoms with Gasteiger partial charge in [0.2, 0.25) is 0 Å². The molecule has 1 aliphatic heterocycles. The lowest BCUT2D eigenvalue weighted by molar-refractivity contribution is -0.128. The van der Waals surface area contributed by atoms with E-state index in [1.165, 1.54) is 21.7 Å². The van der Waals surface area contributed by atoms with E-state index in [0.29, 0.717) is 34.3 Å². The standard InChI is InChI=1S/C27H20F3N5O3/c28-17-4-2-16(3-5-17)21-13-35(20-11-18(29)10-19(30)12-20)33-25(21)26-34(24(36)14-38-26)8-7-15-1-6-22-23(9-15)32-27(37)31-22/h1-6,9-13,26H,7-8,14H2,(H2,31,32,37)/t26-/m0/s1. The van der Waals surface area contributed by atoms with Crippen molar-refractivity contribution in [3.63, 3.8) is 0 Å². The number of imidazole rings is 1. The molecule has 1 amide bonds. The average Bonchev–Trinajstić information content (AvgIpc) is 3.58. The maximum Gasteiger partial charge on any atom is 0.323 e. The van der Waals surface area contributed by atoms with Gasteiger partial charge in [0.15, 0.2) is 6.23 Å². The summed E-state index contributed by atoms with van der Waals surface area (Å²) in [7, 11) is 0. The largest absolute Gasteiger partial charge is 0.342 e. The van der Waals surface area contributed by atoms with E-state index in [1.54, 1.807) is 24.4 Å². The van der Waals surface area contributed by atoms with Crippen LogP contribution in [0.3, 0.4) is 0 Å². The van der Waals surface area contributed by atoms with Gasteiger partial charge in [-0.25, -0.2) is 22.6 Å². The second-order valence-electron chi connectivity index (χ2n) is 8.97. The first kappa shape index (κ1) is 23.7. The minimum absolute atomic E-state index is 0.141. The van der Waals surface area contributed by atoms with Gasteiger partial charge in [0.1, 0.15) is 29.8 Å². The van der Waals surface area contributed by atoms with Crippen molar-refractivity contribution >= 4 is 16.9 Å². The Bertz CT molecular complexity index is 1700. The van der Waals surface area contributed by atoms with Crippen LogP contribution in [-0.4, -0.2) is 43.7 Å². The first-order chi connectivity index (χ1) is 18.3. The van der Waals surface area contributed by atoms with Crippen molar-refractivity contribution in [1.82, 2.24) is 24.6 Å². The highest BCUT2D eigenvalue weighted by Gasteiger charge is 2.36. The third kappa shape index (κ3) is 4.48. The molecule has 6 rings (SSSR count). The molecule has 1 saturated heterocycles. The van der Waals surface area contributed by atoms with Gasteiger partial charge in [0.05, 0.1) is 16.7 Å². The SMILES string of the molecule is O=C1CO[C@@H](c2nn(-c3cc(F)cc(F)c3)cc2-c2ccc(F)cc2)N1CCc1ccc2[nH]c(=O)[nH]c2c1. The third-order valence-corrected chi connectivity index (χ3v) is 6.43. The summed E-state index contributed by atoms with van der Waals surface area (Å²) < 4.78 is 48.7. The molecular formula is C27H20F3N5O3. The summed E-state index contributed by atoms with van der Waals surface area (Å²) in [5.41, 5.74) is 3.53. The monoisotopic (exact) mass is 519 g/mol. The number of fused-ring (bicyclic) bond motifs is 1. The van der Waals surface area contributed by atoms with Crippen LogP contribution in [0.2, 0.25) is 0 Å². The van der Waals surface area contributed by atoms with E-state index in [2.05, 4.69) is 15.1 Å². The van der Waals surface area contributed by atoms with Crippen LogP contribution in [0.15, 0.2) is 71.7 Å². The molecule has 192 valence electrons. The molecule has 0 aliphatic carbocycles. The molecule has 3 heterocycles. The van der Waals surface area contributed by atoms with E-state index < -0.39 is 23.7 Å². The Labute approximate surface area is 213 Å². The number of halogens is 3. The van der Waals surface area contributed by atoms with Crippen LogP contribution in [-0.2, 0) is 16.0 Å². The molecule has 0 bridgehead atoms. The van der Waals surface area contributed by atoms with Crippen LogP contribution in [0.1, 0.15) is 17.5 Å². The van der Waals surface area contributed by atoms with Crippen LogP contribution in [0.4, 0.5) is 13.2 Å². The molecule has 0 saturated carbocycles. The summed E-state index contributed by atoms with van der Waals surface area (Å²) in [6.45, 7) is 0.118. The predicted molar refractivity (Wildman–Crippen MR) is 132 cm³/mol. The fourth-order valence-corrected chi connectivity index (χ4v) is 4.63. The molecule has 0 unspecified atom stereocenters. The van der Waals surface area contributed by atoms with Gasteiger partial charge in [-0.2, -0.15) is 5.10 Å². The van der Waals surface area contributed by atoms with Gasteiger partial charge in [-0.05, 0) is 53.9 Å². The fraction of sp³-hybridized carbons (Fsp3) is 0.148. The first-order valence-electron chi connectivity index (χ1n) is 11.8. The van der Waals surface area contributed by atoms with Gasteiger partial charge in [-0.15, -0.1) is 0 Å². The molecule has 0 spiro atoms. The molecular weight excluding hydrogens is 499 g/mol. The van der Waals surface area contributed by atoms with E-state index in [-0.39, 0.29) is 30.4 Å². The molecule has 5 aromatic rings. The van der Waals surface area contributed by atoms with E-state index in [1.807, 2.05) is 12.1 Å². The Morgan fingerprint density at radius 1 is 0.895 bits per heavy atom. The Morgan fingerprint density at radius 3 is 2.39 bits per heavy atom. The van der Waals surface area contributed by atoms with Crippen LogP contribution in [0, 0.1) is 17.5 Å². The molecule has 3 aromatic carbocycles. The van der Waals surface area contributed by atoms with Crippen molar-refractivity contribution in [2.24, 2.45) is 0 Å². The summed E-state index contributed by atoms with van der Waals surface area (Å²) in [5.74, 6) is -2.21. The lowest BCUT2D eigenvalue weighted by Gasteiger charge is -2.23. The lowest BCUT2D eigenvalue weighted by Crippen LogP contribution is -2.31. The molecule has 2 aromatic heterocycles. The maximum absolute atomic E-state index is 13.9. The number of hydrogen-bond acceptors (Lipinski definition) is 4. The number of carbonyl (C=O) groups excluding carboxylic acids is 1. The van der Waals surface area contributed by atoms with Crippen molar-refractivity contribution in [3.05, 3.63) is 106 Å². The number of ether oxygens (including phenoxy) is 1. The zero-order valence-electron chi connectivity index (χ0n) is 19.7. The smallest absolute Gasteiger partial charge is 0.323 e. The van der Waals surface area contributed by atoms with Gasteiger partial charge in [0.25, 0.3) is 5.91 Å². The predicted octanol–water partition coefficient (Wildman–Crippen LogP) is 4.23. The number of nitrogens with one attached hydrogen (secondary N) is 2. The zero-order valence-corrected chi connectivity index (χ0v) is 19.7. The highest BCUT2D eigenvalue weighted by atomic mass is 19.1. The molecule has 0 radical (unpaired) electrons. The summed E-state index contributed by atoms with van der Waals surface area (Å²) in [6, 6.07) is 14.2. The normalized spacial score (nSPS) is 15.6. The van der Waals surface area contributed by atoms with Crippen molar-refractivity contribution < 1.29 is 22.7 Å². The third-order valence-electron chi connectivity index (χ3n) is 6.43. The van der Waals surface area contributed by atoms with Gasteiger partial charge in [0, 0.05) is 24.4 Å². The first-order valence-corrected chi connectivity index (χ1v) is 11.8. The topological polar surface area (TPSA) is 96.0 Å². The van der Waals surface area contributed by atoms with Crippen molar-refractivity contribution in [1.29, 1.82) is 0 Å². The number of amides is 1. The number of benzene rings is 3. The molecule has 38 heavy (non-hydrogen) atoms. The number of aromatic nitrogens is 4. The van der Waals surface area contributed by atoms with Crippen LogP contribution >= 0.6 is 0 Å². The second-order valence-corrected chi connectivity index (χ2v) is 8.97. The summed E-state index contributed by atoms with van der Waals surface area (Å²) in [4.78, 5) is 31.3. The van der Waals surface area contributed by atoms with Crippen LogP contribution in [0.5, 0.6) is 0 Å². The van der Waals surface area contributed by atoms with Crippen molar-refractivity contribution in [2.45, 2.75) is 12.6 Å². The quantitative estimate of drug-likeness (QED) is 0.351. The molecule has 8 nitrogen and oxygen atoms in total. The van der Waals surface area contributed by atoms with Gasteiger partial charge >= 0.3 is 5.69 Å². The Hall–Kier alpha value is -4.64. The number of rotatable bonds is 6. The maximum atomic E-state index is 13.9. The highest BCUT2D eigenvalue weighted by Crippen LogP contribution is 2.35. The van der Waals surface area contributed by atoms with Crippen molar-refractivity contribution in [3.8, 4) is 16.8 Å². The molecule has 1 aliphatic rings. The van der Waals surface area contributed by atoms with E-state index >= 15 is 0 Å². The molecule has 1 fully saturated rings. The number of carbonyl (C=O) groups is 1. The second kappa shape index (κ2) is 9.34. The van der Waals surface area contributed by atoms with Crippen LogP contribution in [0.25, 0.3) is 27.8 Å². The van der Waals surface area contributed by atoms with Crippen molar-refractivity contribution in [2.75, 3.05) is 13.2 Å². The van der Waals surface area contributed by atoms with E-state index in [4.69, 9.17) is 4.74 Å². The number of aromatic amines is 2. The molecule has 2 N–H and O–H groups in total. The van der Waals surface area contributed by atoms with Gasteiger partial charge < -0.3 is 19.6 Å². The molecule has 1 atom stereocenters. The van der Waals surface area contributed by atoms with Gasteiger partial charge in [-0.3, -0.25) is 4.79 Å². The minimum atomic E-state index is -0.877. The summed E-state index contributed by atoms with van der Waals surface area (Å²) >= 11 is 0. The fourth-order valence-electron chi connectivity index (χ4n) is 4.63. The van der Waals surface area contributed by atoms with Crippen LogP contribution < -0.4 is 5.69 Å². The summed E-state index contributed by atoms with van der Waals surface area (Å²) in [5, 5.41) is 4.55. The number of nitrogens with zero attached hydrogens (tertiary/aromatic N) is 3. The number of H-pyrrole nitrogens is 2. The van der Waals surface area contributed by atoms with E-state index in [9.17, 15) is 22.8 Å². The summed E-state index contributed by atoms with van der Waals surface area (Å²) in [6.07, 6.45) is 1.16. The molecule has 11 heteroatoms. The van der Waals surface area contributed by atoms with E-state index in [0.717, 1.165) is 23.8 Å². The zero-order chi connectivity index (χ0) is 26.4. The Balaban J connectivity index is 1.36.